The summed E-state index contributed by atoms with van der Waals surface area (Å²) in [4.78, 5) is 11.9. The average molecular weight is 239 g/mol. The molecule has 2 aromatic heterocycles. The number of rotatable bonds is 4. The standard InChI is InChI=1S/C10H11ClN4O/c1-2-7-4-13-10(16-7)5-12-9-3-8(11)14-6-15-9/h3-4,6H,2,5H2,1H3,(H,12,14,15). The summed E-state index contributed by atoms with van der Waals surface area (Å²) >= 11 is 5.72. The normalized spacial score (nSPS) is 10.4. The van der Waals surface area contributed by atoms with Gasteiger partial charge in [0.15, 0.2) is 0 Å². The van der Waals surface area contributed by atoms with Crippen LogP contribution in [0, 0.1) is 0 Å². The second-order valence-electron chi connectivity index (χ2n) is 3.15. The topological polar surface area (TPSA) is 63.8 Å². The molecule has 0 saturated heterocycles. The molecule has 5 nitrogen and oxygen atoms in total. The summed E-state index contributed by atoms with van der Waals surface area (Å²) in [5.74, 6) is 2.15. The summed E-state index contributed by atoms with van der Waals surface area (Å²) in [6.45, 7) is 2.50. The van der Waals surface area contributed by atoms with E-state index in [2.05, 4.69) is 20.3 Å². The van der Waals surface area contributed by atoms with Gasteiger partial charge in [-0.3, -0.25) is 0 Å². The first-order valence-corrected chi connectivity index (χ1v) is 5.30. The minimum atomic E-state index is 0.402. The third-order valence-electron chi connectivity index (χ3n) is 2.00. The van der Waals surface area contributed by atoms with Crippen molar-refractivity contribution < 1.29 is 4.42 Å². The predicted molar refractivity (Wildman–Crippen MR) is 60.2 cm³/mol. The van der Waals surface area contributed by atoms with Crippen molar-refractivity contribution in [3.63, 3.8) is 0 Å². The van der Waals surface area contributed by atoms with Gasteiger partial charge in [-0.05, 0) is 0 Å². The Balaban J connectivity index is 1.96. The van der Waals surface area contributed by atoms with Crippen LogP contribution in [0.4, 0.5) is 5.82 Å². The molecule has 0 unspecified atom stereocenters. The van der Waals surface area contributed by atoms with E-state index in [4.69, 9.17) is 16.0 Å². The molecule has 0 aliphatic carbocycles. The van der Waals surface area contributed by atoms with Crippen molar-refractivity contribution in [2.45, 2.75) is 19.9 Å². The van der Waals surface area contributed by atoms with E-state index < -0.39 is 0 Å². The Morgan fingerprint density at radius 2 is 2.25 bits per heavy atom. The molecule has 0 atom stereocenters. The Labute approximate surface area is 97.9 Å². The van der Waals surface area contributed by atoms with E-state index in [1.807, 2.05) is 6.92 Å². The molecule has 0 aliphatic heterocycles. The van der Waals surface area contributed by atoms with Gasteiger partial charge in [-0.15, -0.1) is 0 Å². The highest BCUT2D eigenvalue weighted by atomic mass is 35.5. The van der Waals surface area contributed by atoms with E-state index in [1.165, 1.54) is 6.33 Å². The second-order valence-corrected chi connectivity index (χ2v) is 3.54. The van der Waals surface area contributed by atoms with Crippen molar-refractivity contribution >= 4 is 17.4 Å². The smallest absolute Gasteiger partial charge is 0.213 e. The third-order valence-corrected chi connectivity index (χ3v) is 2.21. The maximum atomic E-state index is 5.72. The Morgan fingerprint density at radius 3 is 2.94 bits per heavy atom. The molecule has 0 saturated carbocycles. The van der Waals surface area contributed by atoms with Crippen LogP contribution in [0.5, 0.6) is 0 Å². The molecule has 0 spiro atoms. The van der Waals surface area contributed by atoms with E-state index in [1.54, 1.807) is 12.3 Å². The van der Waals surface area contributed by atoms with Gasteiger partial charge in [-0.2, -0.15) is 0 Å². The molecule has 0 amide bonds. The van der Waals surface area contributed by atoms with Gasteiger partial charge in [-0.25, -0.2) is 15.0 Å². The zero-order valence-corrected chi connectivity index (χ0v) is 9.53. The van der Waals surface area contributed by atoms with Crippen molar-refractivity contribution in [3.8, 4) is 0 Å². The van der Waals surface area contributed by atoms with Gasteiger partial charge in [0.05, 0.1) is 12.7 Å². The van der Waals surface area contributed by atoms with Crippen molar-refractivity contribution in [2.75, 3.05) is 5.32 Å². The number of oxazole rings is 1. The molecule has 0 fully saturated rings. The summed E-state index contributed by atoms with van der Waals surface area (Å²) in [6.07, 6.45) is 3.97. The third kappa shape index (κ3) is 2.70. The Hall–Kier alpha value is -1.62. The number of nitrogens with one attached hydrogen (secondary N) is 1. The van der Waals surface area contributed by atoms with Crippen LogP contribution in [0.3, 0.4) is 0 Å². The number of aromatic nitrogens is 3. The quantitative estimate of drug-likeness (QED) is 0.828. The van der Waals surface area contributed by atoms with Crippen molar-refractivity contribution in [1.29, 1.82) is 0 Å². The van der Waals surface area contributed by atoms with Crippen LogP contribution in [0.2, 0.25) is 5.15 Å². The molecule has 0 aliphatic rings. The van der Waals surface area contributed by atoms with Crippen LogP contribution in [-0.4, -0.2) is 15.0 Å². The van der Waals surface area contributed by atoms with Crippen LogP contribution in [0.25, 0.3) is 0 Å². The summed E-state index contributed by atoms with van der Waals surface area (Å²) in [7, 11) is 0. The molecule has 2 rings (SSSR count). The number of aryl methyl sites for hydroxylation is 1. The minimum absolute atomic E-state index is 0.402. The van der Waals surface area contributed by atoms with E-state index in [0.29, 0.717) is 23.4 Å². The molecule has 0 radical (unpaired) electrons. The Bertz CT molecular complexity index is 471. The summed E-state index contributed by atoms with van der Waals surface area (Å²) < 4.78 is 5.43. The fraction of sp³-hybridized carbons (Fsp3) is 0.300. The Morgan fingerprint density at radius 1 is 1.38 bits per heavy atom. The lowest BCUT2D eigenvalue weighted by Gasteiger charge is -2.01. The van der Waals surface area contributed by atoms with Crippen LogP contribution in [0.15, 0.2) is 23.0 Å². The molecular weight excluding hydrogens is 228 g/mol. The van der Waals surface area contributed by atoms with Crippen LogP contribution < -0.4 is 5.32 Å². The van der Waals surface area contributed by atoms with Crippen LogP contribution in [0.1, 0.15) is 18.6 Å². The lowest BCUT2D eigenvalue weighted by molar-refractivity contribution is 0.465. The van der Waals surface area contributed by atoms with Gasteiger partial charge < -0.3 is 9.73 Å². The lowest BCUT2D eigenvalue weighted by atomic mass is 10.4. The molecule has 0 aromatic carbocycles. The molecule has 1 N–H and O–H groups in total. The number of anilines is 1. The minimum Gasteiger partial charge on any atom is -0.444 e. The first-order chi connectivity index (χ1) is 7.78. The molecule has 2 heterocycles. The van der Waals surface area contributed by atoms with E-state index >= 15 is 0 Å². The fourth-order valence-electron chi connectivity index (χ4n) is 1.19. The highest BCUT2D eigenvalue weighted by Gasteiger charge is 2.02. The van der Waals surface area contributed by atoms with E-state index in [0.717, 1.165) is 12.2 Å². The second kappa shape index (κ2) is 4.94. The van der Waals surface area contributed by atoms with Crippen molar-refractivity contribution in [2.24, 2.45) is 0 Å². The summed E-state index contributed by atoms with van der Waals surface area (Å²) in [6, 6.07) is 1.64. The molecule has 16 heavy (non-hydrogen) atoms. The van der Waals surface area contributed by atoms with Gasteiger partial charge in [0.1, 0.15) is 23.1 Å². The van der Waals surface area contributed by atoms with Crippen LogP contribution in [-0.2, 0) is 13.0 Å². The van der Waals surface area contributed by atoms with Gasteiger partial charge in [-0.1, -0.05) is 18.5 Å². The number of hydrogen-bond donors (Lipinski definition) is 1. The first kappa shape index (κ1) is 10.9. The van der Waals surface area contributed by atoms with E-state index in [9.17, 15) is 0 Å². The number of halogens is 1. The maximum absolute atomic E-state index is 5.72. The highest BCUT2D eigenvalue weighted by molar-refractivity contribution is 6.29. The summed E-state index contributed by atoms with van der Waals surface area (Å²) in [5, 5.41) is 3.45. The molecule has 84 valence electrons. The first-order valence-electron chi connectivity index (χ1n) is 4.93. The average Bonchev–Trinajstić information content (AvgIpc) is 2.74. The molecule has 2 aromatic rings. The monoisotopic (exact) mass is 238 g/mol. The molecule has 6 heteroatoms. The maximum Gasteiger partial charge on any atom is 0.213 e. The van der Waals surface area contributed by atoms with Gasteiger partial charge in [0.25, 0.3) is 0 Å². The summed E-state index contributed by atoms with van der Waals surface area (Å²) in [5.41, 5.74) is 0. The SMILES string of the molecule is CCc1cnc(CNc2cc(Cl)ncn2)o1. The van der Waals surface area contributed by atoms with E-state index in [-0.39, 0.29) is 0 Å². The zero-order chi connectivity index (χ0) is 11.4. The number of nitrogens with zero attached hydrogens (tertiary/aromatic N) is 3. The highest BCUT2D eigenvalue weighted by Crippen LogP contribution is 2.10. The molecule has 0 bridgehead atoms. The van der Waals surface area contributed by atoms with Gasteiger partial charge >= 0.3 is 0 Å². The lowest BCUT2D eigenvalue weighted by Crippen LogP contribution is -2.01. The van der Waals surface area contributed by atoms with Crippen molar-refractivity contribution in [1.82, 2.24) is 15.0 Å². The zero-order valence-electron chi connectivity index (χ0n) is 8.77. The fourth-order valence-corrected chi connectivity index (χ4v) is 1.34. The van der Waals surface area contributed by atoms with Crippen molar-refractivity contribution in [3.05, 3.63) is 35.4 Å². The van der Waals surface area contributed by atoms with Gasteiger partial charge in [0.2, 0.25) is 5.89 Å². The number of hydrogen-bond acceptors (Lipinski definition) is 5. The Kier molecular flexibility index (Phi) is 3.36. The molecular formula is C10H11ClN4O. The predicted octanol–water partition coefficient (Wildman–Crippen LogP) is 2.29. The van der Waals surface area contributed by atoms with Crippen LogP contribution >= 0.6 is 11.6 Å². The largest absolute Gasteiger partial charge is 0.444 e. The van der Waals surface area contributed by atoms with Gasteiger partial charge in [0, 0.05) is 12.5 Å².